The highest BCUT2D eigenvalue weighted by Gasteiger charge is 2.38. The zero-order chi connectivity index (χ0) is 20.3. The lowest BCUT2D eigenvalue weighted by Crippen LogP contribution is -2.25. The third-order valence-corrected chi connectivity index (χ3v) is 6.95. The van der Waals surface area contributed by atoms with Crippen molar-refractivity contribution in [2.75, 3.05) is 0 Å². The fourth-order valence-electron chi connectivity index (χ4n) is 3.90. The molecule has 4 aromatic rings. The summed E-state index contributed by atoms with van der Waals surface area (Å²) in [6.07, 6.45) is 0. The second-order valence-electron chi connectivity index (χ2n) is 7.03. The fraction of sp³-hybridized carbons (Fsp3) is 0.0435. The molecule has 1 aliphatic rings. The predicted octanol–water partition coefficient (Wildman–Crippen LogP) is 3.96. The number of hydrogen-bond acceptors (Lipinski definition) is 4. The van der Waals surface area contributed by atoms with Crippen LogP contribution in [0.15, 0.2) is 77.7 Å². The van der Waals surface area contributed by atoms with E-state index < -0.39 is 15.8 Å². The van der Waals surface area contributed by atoms with E-state index in [0.29, 0.717) is 16.5 Å². The summed E-state index contributed by atoms with van der Waals surface area (Å²) >= 11 is 0. The lowest BCUT2D eigenvalue weighted by molar-refractivity contribution is 0.0977. The highest BCUT2D eigenvalue weighted by atomic mass is 32.2. The molecule has 1 heterocycles. The number of nitrogens with zero attached hydrogens (tertiary/aromatic N) is 1. The van der Waals surface area contributed by atoms with Gasteiger partial charge in [-0.05, 0) is 31.2 Å². The van der Waals surface area contributed by atoms with E-state index in [1.807, 2.05) is 6.92 Å². The largest absolute Gasteiger partial charge is 0.288 e. The van der Waals surface area contributed by atoms with E-state index >= 15 is 0 Å². The van der Waals surface area contributed by atoms with Gasteiger partial charge in [0.2, 0.25) is 5.78 Å². The fourth-order valence-corrected chi connectivity index (χ4v) is 5.45. The Morgan fingerprint density at radius 2 is 1.38 bits per heavy atom. The van der Waals surface area contributed by atoms with Crippen LogP contribution >= 0.6 is 0 Å². The van der Waals surface area contributed by atoms with Gasteiger partial charge in [0.25, 0.3) is 10.0 Å². The first-order chi connectivity index (χ1) is 13.9. The van der Waals surface area contributed by atoms with Crippen molar-refractivity contribution in [2.45, 2.75) is 11.8 Å². The Morgan fingerprint density at radius 3 is 2.07 bits per heavy atom. The van der Waals surface area contributed by atoms with Gasteiger partial charge in [-0.1, -0.05) is 54.1 Å². The van der Waals surface area contributed by atoms with Crippen LogP contribution in [0.1, 0.15) is 37.5 Å². The smallest absolute Gasteiger partial charge is 0.268 e. The Labute approximate surface area is 167 Å². The Kier molecular flexibility index (Phi) is 3.63. The summed E-state index contributed by atoms with van der Waals surface area (Å²) in [6, 6.07) is 19.6. The van der Waals surface area contributed by atoms with E-state index in [9.17, 15) is 18.0 Å². The third-order valence-electron chi connectivity index (χ3n) is 5.22. The second-order valence-corrected chi connectivity index (χ2v) is 8.82. The van der Waals surface area contributed by atoms with Crippen LogP contribution in [0.25, 0.3) is 10.9 Å². The number of hydrogen-bond donors (Lipinski definition) is 0. The van der Waals surface area contributed by atoms with Crippen LogP contribution in [0.4, 0.5) is 0 Å². The van der Waals surface area contributed by atoms with Crippen LogP contribution in [-0.4, -0.2) is 24.0 Å². The van der Waals surface area contributed by atoms with E-state index in [-0.39, 0.29) is 27.5 Å². The van der Waals surface area contributed by atoms with Crippen LogP contribution in [0.2, 0.25) is 0 Å². The van der Waals surface area contributed by atoms with E-state index in [4.69, 9.17) is 0 Å². The van der Waals surface area contributed by atoms with Gasteiger partial charge in [0.15, 0.2) is 5.78 Å². The number of aryl methyl sites for hydroxylation is 1. The highest BCUT2D eigenvalue weighted by Crippen LogP contribution is 2.37. The first kappa shape index (κ1) is 17.6. The van der Waals surface area contributed by atoms with Crippen molar-refractivity contribution >= 4 is 32.5 Å². The van der Waals surface area contributed by atoms with E-state index in [0.717, 1.165) is 9.54 Å². The highest BCUT2D eigenvalue weighted by molar-refractivity contribution is 7.90. The lowest BCUT2D eigenvalue weighted by atomic mass is 9.87. The maximum absolute atomic E-state index is 13.5. The molecule has 0 fully saturated rings. The van der Waals surface area contributed by atoms with Crippen LogP contribution < -0.4 is 0 Å². The summed E-state index contributed by atoms with van der Waals surface area (Å²) in [6.45, 7) is 1.86. The maximum Gasteiger partial charge on any atom is 0.268 e. The van der Waals surface area contributed by atoms with Gasteiger partial charge in [0.05, 0.1) is 16.0 Å². The van der Waals surface area contributed by atoms with Crippen molar-refractivity contribution in [1.82, 2.24) is 3.97 Å². The SMILES string of the molecule is Cc1ccc2c(c1)c1c(n2S(=O)(=O)c2ccccc2)C(=O)c2ccccc2C1=O. The minimum atomic E-state index is -4.09. The Hall–Kier alpha value is -3.51. The molecule has 1 aliphatic carbocycles. The van der Waals surface area contributed by atoms with Crippen LogP contribution in [-0.2, 0) is 10.0 Å². The zero-order valence-corrected chi connectivity index (χ0v) is 16.2. The number of carbonyl (C=O) groups excluding carboxylic acids is 2. The van der Waals surface area contributed by atoms with Crippen molar-refractivity contribution in [3.63, 3.8) is 0 Å². The molecule has 0 amide bonds. The number of aromatic nitrogens is 1. The topological polar surface area (TPSA) is 73.2 Å². The molecule has 0 unspecified atom stereocenters. The lowest BCUT2D eigenvalue weighted by Gasteiger charge is -2.17. The minimum Gasteiger partial charge on any atom is -0.288 e. The molecular formula is C23H15NO4S. The normalized spacial score (nSPS) is 13.4. The van der Waals surface area contributed by atoms with Crippen LogP contribution in [0.5, 0.6) is 0 Å². The summed E-state index contributed by atoms with van der Waals surface area (Å²) in [7, 11) is -4.09. The van der Waals surface area contributed by atoms with Crippen molar-refractivity contribution < 1.29 is 18.0 Å². The molecule has 142 valence electrons. The molecule has 0 N–H and O–H groups in total. The summed E-state index contributed by atoms with van der Waals surface area (Å²) in [5, 5.41) is 0.465. The van der Waals surface area contributed by atoms with E-state index in [1.165, 1.54) is 12.1 Å². The molecule has 5 nitrogen and oxygen atoms in total. The van der Waals surface area contributed by atoms with E-state index in [1.54, 1.807) is 60.7 Å². The molecule has 0 saturated heterocycles. The Bertz CT molecular complexity index is 1450. The average molecular weight is 401 g/mol. The van der Waals surface area contributed by atoms with Crippen molar-refractivity contribution in [3.05, 3.63) is 101 Å². The molecule has 3 aromatic carbocycles. The van der Waals surface area contributed by atoms with Gasteiger partial charge in [0.1, 0.15) is 5.69 Å². The van der Waals surface area contributed by atoms with Gasteiger partial charge in [-0.3, -0.25) is 9.59 Å². The van der Waals surface area contributed by atoms with Gasteiger partial charge in [0, 0.05) is 16.5 Å². The molecule has 1 aromatic heterocycles. The van der Waals surface area contributed by atoms with E-state index in [2.05, 4.69) is 0 Å². The monoisotopic (exact) mass is 401 g/mol. The maximum atomic E-state index is 13.5. The zero-order valence-electron chi connectivity index (χ0n) is 15.4. The standard InChI is InChI=1S/C23H15NO4S/c1-14-11-12-19-18(13-14)20-21(23(26)17-10-6-5-9-16(17)22(20)25)24(19)29(27,28)15-7-3-2-4-8-15/h2-13H,1H3. The number of carbonyl (C=O) groups is 2. The van der Waals surface area contributed by atoms with Gasteiger partial charge < -0.3 is 0 Å². The number of fused-ring (bicyclic) bond motifs is 4. The second kappa shape index (κ2) is 5.99. The molecule has 0 aliphatic heterocycles. The van der Waals surface area contributed by atoms with Crippen molar-refractivity contribution in [3.8, 4) is 0 Å². The quantitative estimate of drug-likeness (QED) is 0.449. The molecule has 0 spiro atoms. The molecule has 5 rings (SSSR count). The number of rotatable bonds is 2. The number of ketones is 2. The predicted molar refractivity (Wildman–Crippen MR) is 109 cm³/mol. The summed E-state index contributed by atoms with van der Waals surface area (Å²) in [5.74, 6) is -0.809. The average Bonchev–Trinajstić information content (AvgIpc) is 3.08. The molecule has 0 saturated carbocycles. The van der Waals surface area contributed by atoms with Gasteiger partial charge in [-0.25, -0.2) is 12.4 Å². The Morgan fingerprint density at radius 1 is 0.759 bits per heavy atom. The number of benzene rings is 3. The summed E-state index contributed by atoms with van der Waals surface area (Å²) < 4.78 is 28.1. The molecule has 0 radical (unpaired) electrons. The van der Waals surface area contributed by atoms with Gasteiger partial charge in [-0.15, -0.1) is 0 Å². The molecule has 29 heavy (non-hydrogen) atoms. The third kappa shape index (κ3) is 2.36. The molecular weight excluding hydrogens is 386 g/mol. The first-order valence-electron chi connectivity index (χ1n) is 9.05. The van der Waals surface area contributed by atoms with Gasteiger partial charge >= 0.3 is 0 Å². The molecule has 0 atom stereocenters. The van der Waals surface area contributed by atoms with Crippen molar-refractivity contribution in [2.24, 2.45) is 0 Å². The van der Waals surface area contributed by atoms with Crippen LogP contribution in [0, 0.1) is 6.92 Å². The molecule has 0 bridgehead atoms. The Balaban J connectivity index is 1.95. The summed E-state index contributed by atoms with van der Waals surface area (Å²) in [4.78, 5) is 26.7. The minimum absolute atomic E-state index is 0.0550. The van der Waals surface area contributed by atoms with Gasteiger partial charge in [-0.2, -0.15) is 0 Å². The first-order valence-corrected chi connectivity index (χ1v) is 10.5. The van der Waals surface area contributed by atoms with Crippen LogP contribution in [0.3, 0.4) is 0 Å². The summed E-state index contributed by atoms with van der Waals surface area (Å²) in [5.41, 5.74) is 1.74. The van der Waals surface area contributed by atoms with Crippen molar-refractivity contribution in [1.29, 1.82) is 0 Å². The molecule has 6 heteroatoms.